The summed E-state index contributed by atoms with van der Waals surface area (Å²) in [6, 6.07) is 5.38. The molecule has 140 valence electrons. The first-order valence-corrected chi connectivity index (χ1v) is 8.14. The van der Waals surface area contributed by atoms with Gasteiger partial charge in [-0.25, -0.2) is 14.3 Å². The van der Waals surface area contributed by atoms with Gasteiger partial charge in [-0.3, -0.25) is 9.89 Å². The van der Waals surface area contributed by atoms with Gasteiger partial charge in [-0.1, -0.05) is 0 Å². The molecular weight excluding hydrogens is 363 g/mol. The maximum absolute atomic E-state index is 12.6. The van der Waals surface area contributed by atoms with Crippen LogP contribution in [0.25, 0.3) is 5.65 Å². The van der Waals surface area contributed by atoms with E-state index < -0.39 is 17.8 Å². The van der Waals surface area contributed by atoms with Crippen molar-refractivity contribution >= 4 is 17.4 Å². The third-order valence-corrected chi connectivity index (χ3v) is 4.44. The monoisotopic (exact) mass is 377 g/mol. The lowest BCUT2D eigenvalue weighted by Crippen LogP contribution is -2.42. The van der Waals surface area contributed by atoms with Crippen molar-refractivity contribution in [3.8, 4) is 0 Å². The van der Waals surface area contributed by atoms with Crippen LogP contribution in [0.15, 0.2) is 41.3 Å². The van der Waals surface area contributed by atoms with Crippen LogP contribution in [0.2, 0.25) is 0 Å². The van der Waals surface area contributed by atoms with Crippen molar-refractivity contribution in [1.29, 1.82) is 0 Å². The largest absolute Gasteiger partial charge is 0.416 e. The second-order valence-electron chi connectivity index (χ2n) is 6.18. The number of aromatic amines is 1. The molecule has 4 rings (SSSR count). The topological polar surface area (TPSA) is 82.5 Å². The highest BCUT2D eigenvalue weighted by Crippen LogP contribution is 2.30. The summed E-state index contributed by atoms with van der Waals surface area (Å²) in [7, 11) is 0. The van der Waals surface area contributed by atoms with Crippen LogP contribution in [-0.4, -0.2) is 32.1 Å². The summed E-state index contributed by atoms with van der Waals surface area (Å²) in [4.78, 5) is 30.8. The number of H-pyrrole nitrogens is 1. The van der Waals surface area contributed by atoms with E-state index in [9.17, 15) is 22.8 Å². The summed E-state index contributed by atoms with van der Waals surface area (Å²) in [6.45, 7) is 0.433. The van der Waals surface area contributed by atoms with E-state index in [1.165, 1.54) is 21.5 Å². The average molecular weight is 377 g/mol. The Morgan fingerprint density at radius 2 is 1.93 bits per heavy atom. The zero-order valence-electron chi connectivity index (χ0n) is 13.9. The second-order valence-corrected chi connectivity index (χ2v) is 6.18. The van der Waals surface area contributed by atoms with Crippen molar-refractivity contribution in [1.82, 2.24) is 19.5 Å². The smallest absolute Gasteiger partial charge is 0.320 e. The van der Waals surface area contributed by atoms with Gasteiger partial charge in [0.25, 0.3) is 5.56 Å². The van der Waals surface area contributed by atoms with Gasteiger partial charge in [-0.15, -0.1) is 0 Å². The minimum Gasteiger partial charge on any atom is -0.320 e. The SMILES string of the molecule is O=C(Nc1ccc(C(F)(F)F)cc1)N1CCc2nc3cc[nH]n3c(=O)c2C1. The molecule has 0 fully saturated rings. The second kappa shape index (κ2) is 6.15. The molecule has 1 aliphatic rings. The standard InChI is InChI=1S/C17H14F3N5O2/c18-17(19,20)10-1-3-11(4-2-10)22-16(27)24-8-6-13-12(9-24)15(26)25-14(23-13)5-7-21-25/h1-5,7,21H,6,8-9H2,(H,22,27). The lowest BCUT2D eigenvalue weighted by molar-refractivity contribution is -0.137. The molecule has 0 saturated heterocycles. The van der Waals surface area contributed by atoms with E-state index in [0.717, 1.165) is 12.1 Å². The van der Waals surface area contributed by atoms with E-state index in [1.807, 2.05) is 0 Å². The Morgan fingerprint density at radius 1 is 1.19 bits per heavy atom. The van der Waals surface area contributed by atoms with E-state index >= 15 is 0 Å². The number of urea groups is 1. The highest BCUT2D eigenvalue weighted by Gasteiger charge is 2.30. The molecule has 10 heteroatoms. The molecule has 7 nitrogen and oxygen atoms in total. The Balaban J connectivity index is 1.52. The summed E-state index contributed by atoms with van der Waals surface area (Å²) < 4.78 is 39.1. The number of nitrogens with zero attached hydrogens (tertiary/aromatic N) is 3. The molecule has 2 N–H and O–H groups in total. The molecule has 2 amide bonds. The maximum Gasteiger partial charge on any atom is 0.416 e. The predicted octanol–water partition coefficient (Wildman–Crippen LogP) is 2.63. The van der Waals surface area contributed by atoms with Gasteiger partial charge in [0.2, 0.25) is 0 Å². The predicted molar refractivity (Wildman–Crippen MR) is 90.4 cm³/mol. The van der Waals surface area contributed by atoms with Crippen molar-refractivity contribution in [2.24, 2.45) is 0 Å². The number of amides is 2. The van der Waals surface area contributed by atoms with Gasteiger partial charge in [-0.2, -0.15) is 13.2 Å². The number of alkyl halides is 3. The van der Waals surface area contributed by atoms with Crippen molar-refractivity contribution < 1.29 is 18.0 Å². The number of benzene rings is 1. The molecule has 0 aliphatic carbocycles. The fraction of sp³-hybridized carbons (Fsp3) is 0.235. The average Bonchev–Trinajstić information content (AvgIpc) is 3.10. The number of fused-ring (bicyclic) bond motifs is 2. The maximum atomic E-state index is 12.6. The number of carbonyl (C=O) groups excluding carboxylic acids is 1. The number of rotatable bonds is 1. The summed E-state index contributed by atoms with van der Waals surface area (Å²) in [6.07, 6.45) is -2.41. The van der Waals surface area contributed by atoms with Crippen molar-refractivity contribution in [2.45, 2.75) is 19.1 Å². The number of halogens is 3. The van der Waals surface area contributed by atoms with Crippen LogP contribution in [0, 0.1) is 0 Å². The van der Waals surface area contributed by atoms with Crippen molar-refractivity contribution in [3.05, 3.63) is 63.7 Å². The number of nitrogens with one attached hydrogen (secondary N) is 2. The van der Waals surface area contributed by atoms with E-state index in [0.29, 0.717) is 29.9 Å². The molecule has 2 aromatic heterocycles. The summed E-state index contributed by atoms with van der Waals surface area (Å²) in [5.74, 6) is 0. The van der Waals surface area contributed by atoms with E-state index in [1.54, 1.807) is 12.3 Å². The van der Waals surface area contributed by atoms with Gasteiger partial charge in [-0.05, 0) is 24.3 Å². The van der Waals surface area contributed by atoms with Crippen molar-refractivity contribution in [3.63, 3.8) is 0 Å². The minimum absolute atomic E-state index is 0.0790. The molecule has 0 radical (unpaired) electrons. The number of hydrogen-bond acceptors (Lipinski definition) is 3. The summed E-state index contributed by atoms with van der Waals surface area (Å²) in [5, 5.41) is 5.33. The van der Waals surface area contributed by atoms with Crippen LogP contribution in [0.4, 0.5) is 23.7 Å². The Kier molecular flexibility index (Phi) is 3.90. The van der Waals surface area contributed by atoms with E-state index in [2.05, 4.69) is 15.4 Å². The summed E-state index contributed by atoms with van der Waals surface area (Å²) >= 11 is 0. The Hall–Kier alpha value is -3.30. The van der Waals surface area contributed by atoms with Gasteiger partial charge in [0, 0.05) is 30.9 Å². The van der Waals surface area contributed by atoms with Gasteiger partial charge in [0.05, 0.1) is 23.4 Å². The van der Waals surface area contributed by atoms with Crippen LogP contribution < -0.4 is 10.9 Å². The highest BCUT2D eigenvalue weighted by atomic mass is 19.4. The summed E-state index contributed by atoms with van der Waals surface area (Å²) in [5.41, 5.74) is 0.769. The Bertz CT molecular complexity index is 1070. The molecule has 3 aromatic rings. The molecule has 0 spiro atoms. The van der Waals surface area contributed by atoms with Gasteiger partial charge < -0.3 is 10.2 Å². The Morgan fingerprint density at radius 3 is 2.63 bits per heavy atom. The van der Waals surface area contributed by atoms with Gasteiger partial charge >= 0.3 is 12.2 Å². The highest BCUT2D eigenvalue weighted by molar-refractivity contribution is 5.89. The molecule has 1 aliphatic heterocycles. The van der Waals surface area contributed by atoms with Gasteiger partial charge in [0.1, 0.15) is 0 Å². The van der Waals surface area contributed by atoms with Crippen LogP contribution in [-0.2, 0) is 19.1 Å². The quantitative estimate of drug-likeness (QED) is 0.684. The molecule has 27 heavy (non-hydrogen) atoms. The van der Waals surface area contributed by atoms with Crippen LogP contribution in [0.5, 0.6) is 0 Å². The van der Waals surface area contributed by atoms with E-state index in [-0.39, 0.29) is 17.8 Å². The number of anilines is 1. The van der Waals surface area contributed by atoms with E-state index in [4.69, 9.17) is 0 Å². The number of carbonyl (C=O) groups is 1. The van der Waals surface area contributed by atoms with Crippen LogP contribution >= 0.6 is 0 Å². The van der Waals surface area contributed by atoms with Crippen LogP contribution in [0.3, 0.4) is 0 Å². The first-order chi connectivity index (χ1) is 12.8. The fourth-order valence-corrected chi connectivity index (χ4v) is 3.04. The molecule has 1 aromatic carbocycles. The lowest BCUT2D eigenvalue weighted by atomic mass is 10.1. The van der Waals surface area contributed by atoms with Crippen LogP contribution in [0.1, 0.15) is 16.8 Å². The zero-order chi connectivity index (χ0) is 19.2. The van der Waals surface area contributed by atoms with Gasteiger partial charge in [0.15, 0.2) is 5.65 Å². The third-order valence-electron chi connectivity index (χ3n) is 4.44. The first kappa shape index (κ1) is 17.1. The first-order valence-electron chi connectivity index (χ1n) is 8.14. The fourth-order valence-electron chi connectivity index (χ4n) is 3.04. The zero-order valence-corrected chi connectivity index (χ0v) is 13.9. The molecular formula is C17H14F3N5O2. The molecule has 0 saturated carbocycles. The lowest BCUT2D eigenvalue weighted by Gasteiger charge is -2.27. The Labute approximate surface area is 150 Å². The van der Waals surface area contributed by atoms with Crippen molar-refractivity contribution in [2.75, 3.05) is 11.9 Å². The number of aromatic nitrogens is 3. The number of hydrogen-bond donors (Lipinski definition) is 2. The molecule has 0 unspecified atom stereocenters. The molecule has 0 bridgehead atoms. The molecule has 3 heterocycles. The minimum atomic E-state index is -4.43. The normalized spacial score (nSPS) is 14.3. The third kappa shape index (κ3) is 3.14. The molecule has 0 atom stereocenters.